The fraction of sp³-hybridized carbons (Fsp3) is 0.500. The van der Waals surface area contributed by atoms with Gasteiger partial charge in [0, 0.05) is 6.54 Å². The molecule has 5 heteroatoms. The van der Waals surface area contributed by atoms with Crippen molar-refractivity contribution in [2.75, 3.05) is 32.5 Å². The number of aromatic nitrogens is 1. The maximum Gasteiger partial charge on any atom is 0.183 e. The third-order valence-corrected chi connectivity index (χ3v) is 4.04. The molecule has 0 aliphatic carbocycles. The molecule has 2 rings (SSSR count). The van der Waals surface area contributed by atoms with Gasteiger partial charge in [-0.05, 0) is 58.1 Å². The molecule has 0 aliphatic heterocycles. The van der Waals surface area contributed by atoms with Crippen LogP contribution in [0.2, 0.25) is 0 Å². The Morgan fingerprint density at radius 3 is 2.68 bits per heavy atom. The lowest BCUT2D eigenvalue weighted by Crippen LogP contribution is -2.16. The molecule has 0 saturated carbocycles. The summed E-state index contributed by atoms with van der Waals surface area (Å²) in [5.74, 6) is 0. The fourth-order valence-corrected chi connectivity index (χ4v) is 2.98. The molecule has 0 atom stereocenters. The minimum atomic E-state index is 0. The monoisotopic (exact) mass is 299 g/mol. The van der Waals surface area contributed by atoms with E-state index < -0.39 is 0 Å². The van der Waals surface area contributed by atoms with Gasteiger partial charge in [0.15, 0.2) is 5.13 Å². The molecule has 0 aliphatic rings. The van der Waals surface area contributed by atoms with Crippen LogP contribution in [-0.2, 0) is 0 Å². The van der Waals surface area contributed by atoms with E-state index in [-0.39, 0.29) is 12.4 Å². The van der Waals surface area contributed by atoms with Gasteiger partial charge in [-0.15, -0.1) is 12.4 Å². The minimum Gasteiger partial charge on any atom is -0.361 e. The van der Waals surface area contributed by atoms with Crippen molar-refractivity contribution in [3.8, 4) is 0 Å². The van der Waals surface area contributed by atoms with Crippen molar-refractivity contribution >= 4 is 39.1 Å². The van der Waals surface area contributed by atoms with E-state index >= 15 is 0 Å². The van der Waals surface area contributed by atoms with Crippen molar-refractivity contribution in [2.24, 2.45) is 0 Å². The fourth-order valence-electron chi connectivity index (χ4n) is 2.04. The number of hydrogen-bond donors (Lipinski definition) is 1. The van der Waals surface area contributed by atoms with Crippen LogP contribution in [0, 0.1) is 13.8 Å². The Bertz CT molecular complexity index is 537. The largest absolute Gasteiger partial charge is 0.361 e. The van der Waals surface area contributed by atoms with E-state index in [0.717, 1.165) is 30.2 Å². The highest BCUT2D eigenvalue weighted by molar-refractivity contribution is 7.22. The van der Waals surface area contributed by atoms with E-state index in [1.54, 1.807) is 11.3 Å². The van der Waals surface area contributed by atoms with Crippen LogP contribution in [0.25, 0.3) is 10.2 Å². The highest BCUT2D eigenvalue weighted by atomic mass is 35.5. The van der Waals surface area contributed by atoms with E-state index in [2.05, 4.69) is 55.3 Å². The topological polar surface area (TPSA) is 28.2 Å². The van der Waals surface area contributed by atoms with E-state index in [1.165, 1.54) is 15.8 Å². The second-order valence-electron chi connectivity index (χ2n) is 5.03. The second kappa shape index (κ2) is 7.08. The summed E-state index contributed by atoms with van der Waals surface area (Å²) < 4.78 is 1.30. The summed E-state index contributed by atoms with van der Waals surface area (Å²) in [4.78, 5) is 6.85. The van der Waals surface area contributed by atoms with Crippen LogP contribution >= 0.6 is 23.7 Å². The first-order valence-electron chi connectivity index (χ1n) is 6.32. The number of benzene rings is 1. The average Bonchev–Trinajstić information content (AvgIpc) is 2.67. The number of nitrogens with one attached hydrogen (secondary N) is 1. The van der Waals surface area contributed by atoms with E-state index in [0.29, 0.717) is 0 Å². The lowest BCUT2D eigenvalue weighted by molar-refractivity contribution is 0.405. The first-order chi connectivity index (χ1) is 8.56. The van der Waals surface area contributed by atoms with Gasteiger partial charge in [-0.25, -0.2) is 4.98 Å². The second-order valence-corrected chi connectivity index (χ2v) is 6.03. The molecule has 1 aromatic heterocycles. The smallest absolute Gasteiger partial charge is 0.183 e. The van der Waals surface area contributed by atoms with Crippen molar-refractivity contribution in [1.82, 2.24) is 9.88 Å². The Kier molecular flexibility index (Phi) is 6.04. The van der Waals surface area contributed by atoms with Gasteiger partial charge in [-0.1, -0.05) is 17.4 Å². The number of hydrogen-bond acceptors (Lipinski definition) is 4. The lowest BCUT2D eigenvalue weighted by Gasteiger charge is -2.08. The molecule has 2 aromatic rings. The number of anilines is 1. The van der Waals surface area contributed by atoms with Crippen LogP contribution in [0.1, 0.15) is 17.5 Å². The number of thiazole rings is 1. The van der Waals surface area contributed by atoms with Gasteiger partial charge < -0.3 is 10.2 Å². The Hall–Kier alpha value is -0.840. The van der Waals surface area contributed by atoms with Crippen LogP contribution in [-0.4, -0.2) is 37.1 Å². The Labute approximate surface area is 125 Å². The molecular formula is C14H22ClN3S. The maximum atomic E-state index is 4.64. The highest BCUT2D eigenvalue weighted by Crippen LogP contribution is 2.29. The van der Waals surface area contributed by atoms with Crippen LogP contribution in [0.4, 0.5) is 5.13 Å². The Balaban J connectivity index is 0.00000180. The van der Waals surface area contributed by atoms with Gasteiger partial charge in [0.25, 0.3) is 0 Å². The standard InChI is InChI=1S/C14H21N3S.ClH/c1-10-8-11(2)13-12(9-10)16-14(18-13)15-6-5-7-17(3)4;/h8-9H,5-7H2,1-4H3,(H,15,16);1H. The van der Waals surface area contributed by atoms with Gasteiger partial charge in [-0.3, -0.25) is 0 Å². The molecule has 0 radical (unpaired) electrons. The number of rotatable bonds is 5. The molecular weight excluding hydrogens is 278 g/mol. The van der Waals surface area contributed by atoms with E-state index in [4.69, 9.17) is 0 Å². The number of aryl methyl sites for hydroxylation is 2. The molecule has 0 fully saturated rings. The number of halogens is 1. The Morgan fingerprint density at radius 1 is 1.26 bits per heavy atom. The summed E-state index contributed by atoms with van der Waals surface area (Å²) in [6.45, 7) is 6.37. The van der Waals surface area contributed by atoms with Crippen molar-refractivity contribution in [2.45, 2.75) is 20.3 Å². The Morgan fingerprint density at radius 2 is 2.00 bits per heavy atom. The SMILES string of the molecule is Cc1cc(C)c2sc(NCCCN(C)C)nc2c1.Cl. The quantitative estimate of drug-likeness (QED) is 0.853. The zero-order valence-electron chi connectivity index (χ0n) is 12.0. The molecule has 0 unspecified atom stereocenters. The molecule has 1 aromatic carbocycles. The van der Waals surface area contributed by atoms with Gasteiger partial charge in [0.1, 0.15) is 0 Å². The average molecular weight is 300 g/mol. The molecule has 1 N–H and O–H groups in total. The van der Waals surface area contributed by atoms with Crippen molar-refractivity contribution in [1.29, 1.82) is 0 Å². The molecule has 106 valence electrons. The molecule has 0 spiro atoms. The molecule has 3 nitrogen and oxygen atoms in total. The van der Waals surface area contributed by atoms with Crippen LogP contribution in [0.15, 0.2) is 12.1 Å². The van der Waals surface area contributed by atoms with Crippen LogP contribution in [0.3, 0.4) is 0 Å². The third kappa shape index (κ3) is 4.34. The summed E-state index contributed by atoms with van der Waals surface area (Å²) in [5, 5.41) is 4.46. The van der Waals surface area contributed by atoms with Crippen molar-refractivity contribution < 1.29 is 0 Å². The zero-order chi connectivity index (χ0) is 13.1. The minimum absolute atomic E-state index is 0. The molecule has 0 amide bonds. The summed E-state index contributed by atoms with van der Waals surface area (Å²) >= 11 is 1.76. The van der Waals surface area contributed by atoms with Gasteiger partial charge >= 0.3 is 0 Å². The summed E-state index contributed by atoms with van der Waals surface area (Å²) in [6, 6.07) is 4.38. The predicted octanol–water partition coefficient (Wildman–Crippen LogP) is 3.70. The van der Waals surface area contributed by atoms with Crippen LogP contribution in [0.5, 0.6) is 0 Å². The molecule has 0 saturated heterocycles. The van der Waals surface area contributed by atoms with E-state index in [1.807, 2.05) is 0 Å². The molecule has 0 bridgehead atoms. The maximum absolute atomic E-state index is 4.64. The number of fused-ring (bicyclic) bond motifs is 1. The van der Waals surface area contributed by atoms with Crippen molar-refractivity contribution in [3.05, 3.63) is 23.3 Å². The third-order valence-electron chi connectivity index (χ3n) is 2.88. The lowest BCUT2D eigenvalue weighted by atomic mass is 10.1. The summed E-state index contributed by atoms with van der Waals surface area (Å²) in [6.07, 6.45) is 1.14. The van der Waals surface area contributed by atoms with Gasteiger partial charge in [0.2, 0.25) is 0 Å². The molecule has 19 heavy (non-hydrogen) atoms. The summed E-state index contributed by atoms with van der Waals surface area (Å²) in [5.41, 5.74) is 3.72. The van der Waals surface area contributed by atoms with E-state index in [9.17, 15) is 0 Å². The predicted molar refractivity (Wildman–Crippen MR) is 88.0 cm³/mol. The zero-order valence-corrected chi connectivity index (χ0v) is 13.6. The van der Waals surface area contributed by atoms with Crippen molar-refractivity contribution in [3.63, 3.8) is 0 Å². The first kappa shape index (κ1) is 16.2. The first-order valence-corrected chi connectivity index (χ1v) is 7.14. The normalized spacial score (nSPS) is 10.8. The molecule has 1 heterocycles. The highest BCUT2D eigenvalue weighted by Gasteiger charge is 2.06. The number of nitrogens with zero attached hydrogens (tertiary/aromatic N) is 2. The van der Waals surface area contributed by atoms with Crippen LogP contribution < -0.4 is 5.32 Å². The summed E-state index contributed by atoms with van der Waals surface area (Å²) in [7, 11) is 4.20. The van der Waals surface area contributed by atoms with Gasteiger partial charge in [-0.2, -0.15) is 0 Å². The van der Waals surface area contributed by atoms with Gasteiger partial charge in [0.05, 0.1) is 10.2 Å².